The third-order valence-corrected chi connectivity index (χ3v) is 1.23. The van der Waals surface area contributed by atoms with Crippen molar-refractivity contribution in [3.05, 3.63) is 0 Å². The van der Waals surface area contributed by atoms with Crippen molar-refractivity contribution in [2.75, 3.05) is 0 Å². The van der Waals surface area contributed by atoms with Crippen LogP contribution in [0.3, 0.4) is 0 Å². The van der Waals surface area contributed by atoms with Crippen LogP contribution in [0.2, 0.25) is 0 Å². The standard InChI is InChI=1S/C5H8O3/c1-2-3-4(8-3)5(6)7/h3-4H,2H2,1H3,(H,6,7)/t3-,4+/m0/s1. The Hall–Kier alpha value is -0.570. The Morgan fingerprint density at radius 2 is 2.50 bits per heavy atom. The summed E-state index contributed by atoms with van der Waals surface area (Å²) in [5, 5.41) is 8.23. The van der Waals surface area contributed by atoms with Gasteiger partial charge in [0.1, 0.15) is 0 Å². The Morgan fingerprint density at radius 1 is 1.88 bits per heavy atom. The van der Waals surface area contributed by atoms with Crippen molar-refractivity contribution >= 4 is 5.97 Å². The Kier molecular flexibility index (Phi) is 1.21. The van der Waals surface area contributed by atoms with Gasteiger partial charge in [-0.2, -0.15) is 0 Å². The summed E-state index contributed by atoms with van der Waals surface area (Å²) in [6.45, 7) is 1.91. The average molecular weight is 116 g/mol. The Morgan fingerprint density at radius 3 is 2.62 bits per heavy atom. The molecule has 1 heterocycles. The second-order valence-corrected chi connectivity index (χ2v) is 1.84. The monoisotopic (exact) mass is 116 g/mol. The van der Waals surface area contributed by atoms with E-state index in [-0.39, 0.29) is 6.10 Å². The van der Waals surface area contributed by atoms with Crippen LogP contribution in [0.1, 0.15) is 13.3 Å². The number of hydrogen-bond donors (Lipinski definition) is 1. The van der Waals surface area contributed by atoms with Crippen LogP contribution in [0.15, 0.2) is 0 Å². The summed E-state index contributed by atoms with van der Waals surface area (Å²) in [6.07, 6.45) is 0.296. The van der Waals surface area contributed by atoms with Gasteiger partial charge in [0.2, 0.25) is 0 Å². The molecule has 0 aromatic carbocycles. The van der Waals surface area contributed by atoms with E-state index in [1.807, 2.05) is 6.92 Å². The predicted octanol–water partition coefficient (Wildman–Crippen LogP) is 0.248. The lowest BCUT2D eigenvalue weighted by Crippen LogP contribution is -2.06. The molecule has 0 amide bonds. The first-order valence-corrected chi connectivity index (χ1v) is 2.64. The number of epoxide rings is 1. The molecule has 8 heavy (non-hydrogen) atoms. The molecular formula is C5H8O3. The van der Waals surface area contributed by atoms with Crippen molar-refractivity contribution in [2.45, 2.75) is 25.6 Å². The molecule has 0 aromatic heterocycles. The highest BCUT2D eigenvalue weighted by Gasteiger charge is 2.43. The van der Waals surface area contributed by atoms with Crippen LogP contribution in [0.5, 0.6) is 0 Å². The first kappa shape index (κ1) is 5.56. The van der Waals surface area contributed by atoms with E-state index in [9.17, 15) is 4.79 Å². The molecular weight excluding hydrogens is 108 g/mol. The van der Waals surface area contributed by atoms with Gasteiger partial charge in [0.25, 0.3) is 0 Å². The highest BCUT2D eigenvalue weighted by Crippen LogP contribution is 2.24. The van der Waals surface area contributed by atoms with Gasteiger partial charge in [0.05, 0.1) is 6.10 Å². The van der Waals surface area contributed by atoms with Crippen LogP contribution in [0.4, 0.5) is 0 Å². The van der Waals surface area contributed by atoms with Gasteiger partial charge < -0.3 is 9.84 Å². The van der Waals surface area contributed by atoms with E-state index in [1.54, 1.807) is 0 Å². The second kappa shape index (κ2) is 1.74. The fourth-order valence-corrected chi connectivity index (χ4v) is 0.670. The molecule has 1 fully saturated rings. The van der Waals surface area contributed by atoms with E-state index in [4.69, 9.17) is 9.84 Å². The summed E-state index contributed by atoms with van der Waals surface area (Å²) in [6, 6.07) is 0. The molecule has 0 radical (unpaired) electrons. The third kappa shape index (κ3) is 0.816. The van der Waals surface area contributed by atoms with Gasteiger partial charge >= 0.3 is 5.97 Å². The van der Waals surface area contributed by atoms with E-state index >= 15 is 0 Å². The molecule has 0 unspecified atom stereocenters. The zero-order valence-electron chi connectivity index (χ0n) is 4.63. The molecule has 1 aliphatic heterocycles. The minimum Gasteiger partial charge on any atom is -0.479 e. The number of carboxylic acid groups (broad SMARTS) is 1. The molecule has 2 atom stereocenters. The van der Waals surface area contributed by atoms with Crippen LogP contribution < -0.4 is 0 Å². The first-order valence-electron chi connectivity index (χ1n) is 2.64. The summed E-state index contributed by atoms with van der Waals surface area (Å²) in [5.74, 6) is -0.836. The van der Waals surface area contributed by atoms with E-state index < -0.39 is 12.1 Å². The molecule has 3 nitrogen and oxygen atoms in total. The lowest BCUT2D eigenvalue weighted by molar-refractivity contribution is -0.138. The lowest BCUT2D eigenvalue weighted by atomic mass is 10.3. The molecule has 46 valence electrons. The molecule has 1 rings (SSSR count). The van der Waals surface area contributed by atoms with Gasteiger partial charge in [-0.1, -0.05) is 6.92 Å². The highest BCUT2D eigenvalue weighted by molar-refractivity contribution is 5.75. The van der Waals surface area contributed by atoms with E-state index in [0.29, 0.717) is 0 Å². The van der Waals surface area contributed by atoms with Crippen molar-refractivity contribution in [3.63, 3.8) is 0 Å². The Balaban J connectivity index is 2.26. The average Bonchev–Trinajstić information content (AvgIpc) is 2.42. The molecule has 1 aliphatic rings. The molecule has 0 aliphatic carbocycles. The number of rotatable bonds is 2. The van der Waals surface area contributed by atoms with Crippen molar-refractivity contribution in [1.82, 2.24) is 0 Å². The smallest absolute Gasteiger partial charge is 0.335 e. The summed E-state index contributed by atoms with van der Waals surface area (Å²) >= 11 is 0. The topological polar surface area (TPSA) is 49.8 Å². The molecule has 0 aromatic rings. The minimum atomic E-state index is -0.836. The first-order chi connectivity index (χ1) is 3.75. The van der Waals surface area contributed by atoms with Crippen LogP contribution in [-0.4, -0.2) is 23.3 Å². The maximum absolute atomic E-state index is 10.0. The molecule has 3 heteroatoms. The summed E-state index contributed by atoms with van der Waals surface area (Å²) in [5.41, 5.74) is 0. The van der Waals surface area contributed by atoms with E-state index in [0.717, 1.165) is 6.42 Å². The van der Waals surface area contributed by atoms with Gasteiger partial charge in [0.15, 0.2) is 6.10 Å². The van der Waals surface area contributed by atoms with Gasteiger partial charge in [-0.05, 0) is 6.42 Å². The van der Waals surface area contributed by atoms with E-state index in [1.165, 1.54) is 0 Å². The maximum atomic E-state index is 10.0. The van der Waals surface area contributed by atoms with Crippen molar-refractivity contribution in [3.8, 4) is 0 Å². The molecule has 1 N–H and O–H groups in total. The predicted molar refractivity (Wildman–Crippen MR) is 26.6 cm³/mol. The normalized spacial score (nSPS) is 34.6. The number of carbonyl (C=O) groups is 1. The summed E-state index contributed by atoms with van der Waals surface area (Å²) in [7, 11) is 0. The second-order valence-electron chi connectivity index (χ2n) is 1.84. The quantitative estimate of drug-likeness (QED) is 0.526. The zero-order chi connectivity index (χ0) is 6.15. The number of hydrogen-bond acceptors (Lipinski definition) is 2. The SMILES string of the molecule is CC[C@@H]1O[C@H]1C(=O)O. The summed E-state index contributed by atoms with van der Waals surface area (Å²) < 4.78 is 4.73. The molecule has 1 saturated heterocycles. The number of aliphatic carboxylic acids is 1. The lowest BCUT2D eigenvalue weighted by Gasteiger charge is -1.78. The van der Waals surface area contributed by atoms with E-state index in [2.05, 4.69) is 0 Å². The van der Waals surface area contributed by atoms with Crippen LogP contribution in [-0.2, 0) is 9.53 Å². The fraction of sp³-hybridized carbons (Fsp3) is 0.800. The van der Waals surface area contributed by atoms with Crippen molar-refractivity contribution in [2.24, 2.45) is 0 Å². The molecule has 0 spiro atoms. The summed E-state index contributed by atoms with van der Waals surface area (Å²) in [4.78, 5) is 10.0. The van der Waals surface area contributed by atoms with Gasteiger partial charge in [-0.3, -0.25) is 0 Å². The Labute approximate surface area is 47.3 Å². The van der Waals surface area contributed by atoms with Crippen LogP contribution in [0, 0.1) is 0 Å². The number of carboxylic acids is 1. The van der Waals surface area contributed by atoms with Crippen LogP contribution >= 0.6 is 0 Å². The van der Waals surface area contributed by atoms with Crippen molar-refractivity contribution < 1.29 is 14.6 Å². The maximum Gasteiger partial charge on any atom is 0.335 e. The zero-order valence-corrected chi connectivity index (χ0v) is 4.63. The van der Waals surface area contributed by atoms with Crippen LogP contribution in [0.25, 0.3) is 0 Å². The highest BCUT2D eigenvalue weighted by atomic mass is 16.6. The molecule has 0 saturated carbocycles. The number of ether oxygens (including phenoxy) is 1. The van der Waals surface area contributed by atoms with Gasteiger partial charge in [-0.25, -0.2) is 4.79 Å². The molecule has 0 bridgehead atoms. The van der Waals surface area contributed by atoms with Gasteiger partial charge in [-0.15, -0.1) is 0 Å². The Bertz CT molecular complexity index is 110. The van der Waals surface area contributed by atoms with Crippen molar-refractivity contribution in [1.29, 1.82) is 0 Å². The van der Waals surface area contributed by atoms with Gasteiger partial charge in [0, 0.05) is 0 Å². The third-order valence-electron chi connectivity index (χ3n) is 1.23. The minimum absolute atomic E-state index is 0.00694. The largest absolute Gasteiger partial charge is 0.479 e. The fourth-order valence-electron chi connectivity index (χ4n) is 0.670.